The van der Waals surface area contributed by atoms with E-state index in [-0.39, 0.29) is 6.61 Å². The Morgan fingerprint density at radius 2 is 2.16 bits per heavy atom. The average molecular weight is 255 g/mol. The molecule has 5 heteroatoms. The van der Waals surface area contributed by atoms with Crippen molar-refractivity contribution in [1.82, 2.24) is 15.1 Å². The molecule has 0 aliphatic rings. The number of pyridine rings is 1. The number of rotatable bonds is 4. The van der Waals surface area contributed by atoms with Crippen LogP contribution in [0, 0.1) is 0 Å². The number of nitrogens with zero attached hydrogens (tertiary/aromatic N) is 3. The second kappa shape index (κ2) is 5.06. The highest BCUT2D eigenvalue weighted by molar-refractivity contribution is 5.79. The standard InChI is InChI=1S/C14H13N3O2/c1-2-14-16-13(17-19-14)9-18-11-7-10-5-3-4-6-12(10)15-8-11/h3-8H,2,9H2,1H3. The van der Waals surface area contributed by atoms with Gasteiger partial charge in [-0.2, -0.15) is 4.98 Å². The maximum atomic E-state index is 5.61. The Morgan fingerprint density at radius 1 is 1.26 bits per heavy atom. The molecule has 0 fully saturated rings. The molecule has 0 amide bonds. The topological polar surface area (TPSA) is 61.0 Å². The molecule has 0 bridgehead atoms. The summed E-state index contributed by atoms with van der Waals surface area (Å²) < 4.78 is 10.6. The maximum Gasteiger partial charge on any atom is 0.226 e. The molecule has 0 saturated carbocycles. The van der Waals surface area contributed by atoms with E-state index in [2.05, 4.69) is 15.1 Å². The minimum Gasteiger partial charge on any atom is -0.484 e. The highest BCUT2D eigenvalue weighted by Gasteiger charge is 2.05. The summed E-state index contributed by atoms with van der Waals surface area (Å²) in [4.78, 5) is 8.51. The van der Waals surface area contributed by atoms with Gasteiger partial charge in [-0.3, -0.25) is 4.98 Å². The van der Waals surface area contributed by atoms with Gasteiger partial charge in [0.2, 0.25) is 11.7 Å². The van der Waals surface area contributed by atoms with Crippen molar-refractivity contribution in [1.29, 1.82) is 0 Å². The van der Waals surface area contributed by atoms with Gasteiger partial charge in [-0.1, -0.05) is 30.3 Å². The molecule has 5 nitrogen and oxygen atoms in total. The van der Waals surface area contributed by atoms with E-state index in [4.69, 9.17) is 9.26 Å². The fourth-order valence-electron chi connectivity index (χ4n) is 1.77. The van der Waals surface area contributed by atoms with Crippen molar-refractivity contribution in [2.24, 2.45) is 0 Å². The SMILES string of the molecule is CCc1nc(COc2cnc3ccccc3c2)no1. The Morgan fingerprint density at radius 3 is 3.00 bits per heavy atom. The molecule has 0 unspecified atom stereocenters. The average Bonchev–Trinajstić information content (AvgIpc) is 2.93. The van der Waals surface area contributed by atoms with Crippen molar-refractivity contribution in [3.8, 4) is 5.75 Å². The van der Waals surface area contributed by atoms with Gasteiger partial charge in [0.1, 0.15) is 5.75 Å². The van der Waals surface area contributed by atoms with Crippen molar-refractivity contribution >= 4 is 10.9 Å². The van der Waals surface area contributed by atoms with E-state index in [0.717, 1.165) is 17.3 Å². The van der Waals surface area contributed by atoms with Crippen LogP contribution in [-0.4, -0.2) is 15.1 Å². The zero-order chi connectivity index (χ0) is 13.1. The van der Waals surface area contributed by atoms with Crippen LogP contribution >= 0.6 is 0 Å². The third-order valence-corrected chi connectivity index (χ3v) is 2.75. The largest absolute Gasteiger partial charge is 0.484 e. The first-order valence-electron chi connectivity index (χ1n) is 6.14. The van der Waals surface area contributed by atoms with E-state index in [1.165, 1.54) is 0 Å². The number of aromatic nitrogens is 3. The lowest BCUT2D eigenvalue weighted by Gasteiger charge is -2.04. The lowest BCUT2D eigenvalue weighted by atomic mass is 10.2. The van der Waals surface area contributed by atoms with Gasteiger partial charge in [-0.05, 0) is 12.1 Å². The summed E-state index contributed by atoms with van der Waals surface area (Å²) in [7, 11) is 0. The van der Waals surface area contributed by atoms with E-state index in [1.54, 1.807) is 6.20 Å². The molecule has 1 aromatic carbocycles. The summed E-state index contributed by atoms with van der Waals surface area (Å²) >= 11 is 0. The molecule has 2 aromatic heterocycles. The van der Waals surface area contributed by atoms with E-state index in [1.807, 2.05) is 37.3 Å². The van der Waals surface area contributed by atoms with Crippen LogP contribution < -0.4 is 4.74 Å². The van der Waals surface area contributed by atoms with Gasteiger partial charge >= 0.3 is 0 Å². The molecule has 0 radical (unpaired) electrons. The number of para-hydroxylation sites is 1. The van der Waals surface area contributed by atoms with Crippen LogP contribution in [0.5, 0.6) is 5.75 Å². The van der Waals surface area contributed by atoms with Crippen LogP contribution in [0.1, 0.15) is 18.6 Å². The summed E-state index contributed by atoms with van der Waals surface area (Å²) in [5.74, 6) is 1.86. The number of fused-ring (bicyclic) bond motifs is 1. The van der Waals surface area contributed by atoms with Crippen molar-refractivity contribution in [2.45, 2.75) is 20.0 Å². The van der Waals surface area contributed by atoms with Gasteiger partial charge in [0.15, 0.2) is 6.61 Å². The molecule has 0 aliphatic heterocycles. The Hall–Kier alpha value is -2.43. The zero-order valence-corrected chi connectivity index (χ0v) is 10.5. The third-order valence-electron chi connectivity index (χ3n) is 2.75. The first-order chi connectivity index (χ1) is 9.35. The van der Waals surface area contributed by atoms with E-state index >= 15 is 0 Å². The molecule has 0 saturated heterocycles. The van der Waals surface area contributed by atoms with E-state index in [0.29, 0.717) is 17.5 Å². The molecule has 0 spiro atoms. The molecule has 0 N–H and O–H groups in total. The molecule has 0 atom stereocenters. The summed E-state index contributed by atoms with van der Waals surface area (Å²) in [6.45, 7) is 2.24. The number of hydrogen-bond acceptors (Lipinski definition) is 5. The van der Waals surface area contributed by atoms with Crippen molar-refractivity contribution in [2.75, 3.05) is 0 Å². The Balaban J connectivity index is 1.74. The molecular weight excluding hydrogens is 242 g/mol. The zero-order valence-electron chi connectivity index (χ0n) is 10.5. The minimum absolute atomic E-state index is 0.281. The van der Waals surface area contributed by atoms with Crippen molar-refractivity contribution in [3.63, 3.8) is 0 Å². The highest BCUT2D eigenvalue weighted by atomic mass is 16.5. The molecule has 19 heavy (non-hydrogen) atoms. The number of aryl methyl sites for hydroxylation is 1. The number of benzene rings is 1. The number of ether oxygens (including phenoxy) is 1. The Kier molecular flexibility index (Phi) is 3.10. The second-order valence-corrected chi connectivity index (χ2v) is 4.11. The normalized spacial score (nSPS) is 10.8. The fraction of sp³-hybridized carbons (Fsp3) is 0.214. The van der Waals surface area contributed by atoms with Crippen LogP contribution in [0.15, 0.2) is 41.1 Å². The van der Waals surface area contributed by atoms with Gasteiger partial charge in [-0.25, -0.2) is 0 Å². The molecular formula is C14H13N3O2. The lowest BCUT2D eigenvalue weighted by molar-refractivity contribution is 0.284. The first-order valence-corrected chi connectivity index (χ1v) is 6.14. The summed E-state index contributed by atoms with van der Waals surface area (Å²) in [5.41, 5.74) is 0.947. The van der Waals surface area contributed by atoms with Crippen LogP contribution in [0.25, 0.3) is 10.9 Å². The predicted octanol–water partition coefficient (Wildman–Crippen LogP) is 2.76. The molecule has 0 aliphatic carbocycles. The highest BCUT2D eigenvalue weighted by Crippen LogP contribution is 2.18. The fourth-order valence-corrected chi connectivity index (χ4v) is 1.77. The third kappa shape index (κ3) is 2.54. The molecule has 2 heterocycles. The van der Waals surface area contributed by atoms with Crippen LogP contribution in [0.4, 0.5) is 0 Å². The monoisotopic (exact) mass is 255 g/mol. The Bertz CT molecular complexity index is 694. The van der Waals surface area contributed by atoms with Gasteiger partial charge in [0.05, 0.1) is 11.7 Å². The van der Waals surface area contributed by atoms with Crippen LogP contribution in [-0.2, 0) is 13.0 Å². The van der Waals surface area contributed by atoms with Crippen LogP contribution in [0.2, 0.25) is 0 Å². The second-order valence-electron chi connectivity index (χ2n) is 4.11. The number of hydrogen-bond donors (Lipinski definition) is 0. The van der Waals surface area contributed by atoms with Crippen LogP contribution in [0.3, 0.4) is 0 Å². The first kappa shape index (κ1) is 11.6. The summed E-state index contributed by atoms with van der Waals surface area (Å²) in [5, 5.41) is 4.88. The molecule has 96 valence electrons. The van der Waals surface area contributed by atoms with E-state index < -0.39 is 0 Å². The van der Waals surface area contributed by atoms with Gasteiger partial charge in [0.25, 0.3) is 0 Å². The van der Waals surface area contributed by atoms with Gasteiger partial charge < -0.3 is 9.26 Å². The summed E-state index contributed by atoms with van der Waals surface area (Å²) in [6, 6.07) is 9.84. The van der Waals surface area contributed by atoms with Crippen molar-refractivity contribution in [3.05, 3.63) is 48.2 Å². The lowest BCUT2D eigenvalue weighted by Crippen LogP contribution is -1.98. The predicted molar refractivity (Wildman–Crippen MR) is 69.8 cm³/mol. The van der Waals surface area contributed by atoms with E-state index in [9.17, 15) is 0 Å². The smallest absolute Gasteiger partial charge is 0.226 e. The molecule has 3 aromatic rings. The summed E-state index contributed by atoms with van der Waals surface area (Å²) in [6.07, 6.45) is 2.42. The van der Waals surface area contributed by atoms with Gasteiger partial charge in [-0.15, -0.1) is 0 Å². The molecule has 3 rings (SSSR count). The van der Waals surface area contributed by atoms with Crippen molar-refractivity contribution < 1.29 is 9.26 Å². The maximum absolute atomic E-state index is 5.61. The minimum atomic E-state index is 0.281. The quantitative estimate of drug-likeness (QED) is 0.717. The van der Waals surface area contributed by atoms with Gasteiger partial charge in [0, 0.05) is 11.8 Å². The Labute approximate surface area is 110 Å².